The number of hydrogen-bond acceptors (Lipinski definition) is 4. The highest BCUT2D eigenvalue weighted by Gasteiger charge is 2.14. The summed E-state index contributed by atoms with van der Waals surface area (Å²) in [5.41, 5.74) is 4.78. The van der Waals surface area contributed by atoms with E-state index in [0.717, 1.165) is 11.1 Å². The van der Waals surface area contributed by atoms with Crippen molar-refractivity contribution in [1.82, 2.24) is 10.4 Å². The lowest BCUT2D eigenvalue weighted by atomic mass is 10.2. The van der Waals surface area contributed by atoms with Crippen molar-refractivity contribution in [2.24, 2.45) is 5.10 Å². The van der Waals surface area contributed by atoms with Gasteiger partial charge in [-0.15, -0.1) is 0 Å². The summed E-state index contributed by atoms with van der Waals surface area (Å²) in [5.74, 6) is 0.150. The van der Waals surface area contributed by atoms with Crippen molar-refractivity contribution >= 4 is 23.7 Å². The molecule has 0 aliphatic carbocycles. The third-order valence-electron chi connectivity index (χ3n) is 3.52. The first-order valence-electron chi connectivity index (χ1n) is 7.91. The molecule has 0 bridgehead atoms. The number of nitrogens with one attached hydrogen (secondary N) is 1. The monoisotopic (exact) mass is 365 g/mol. The molecule has 0 atom stereocenters. The van der Waals surface area contributed by atoms with Crippen LogP contribution in [0, 0.1) is 6.92 Å². The Kier molecular flexibility index (Phi) is 5.61. The summed E-state index contributed by atoms with van der Waals surface area (Å²) in [5, 5.41) is 4.41. The molecule has 5 nitrogen and oxygen atoms in total. The molecule has 2 aromatic carbocycles. The fourth-order valence-corrected chi connectivity index (χ4v) is 2.33. The van der Waals surface area contributed by atoms with E-state index in [-0.39, 0.29) is 11.4 Å². The van der Waals surface area contributed by atoms with Crippen molar-refractivity contribution in [2.75, 3.05) is 0 Å². The van der Waals surface area contributed by atoms with Crippen LogP contribution in [0.4, 0.5) is 0 Å². The molecule has 0 unspecified atom stereocenters. The van der Waals surface area contributed by atoms with Gasteiger partial charge in [0.2, 0.25) is 5.88 Å². The summed E-state index contributed by atoms with van der Waals surface area (Å²) in [4.78, 5) is 16.5. The topological polar surface area (TPSA) is 63.6 Å². The number of hydrogen-bond donors (Lipinski definition) is 1. The molecule has 1 N–H and O–H groups in total. The second-order valence-corrected chi connectivity index (χ2v) is 5.91. The number of aromatic nitrogens is 1. The summed E-state index contributed by atoms with van der Waals surface area (Å²) in [6.45, 7) is 2.01. The van der Waals surface area contributed by atoms with Crippen molar-refractivity contribution < 1.29 is 9.53 Å². The predicted octanol–water partition coefficient (Wildman–Crippen LogP) is 4.60. The minimum Gasteiger partial charge on any atom is -0.437 e. The van der Waals surface area contributed by atoms with E-state index in [1.807, 2.05) is 31.2 Å². The summed E-state index contributed by atoms with van der Waals surface area (Å²) in [7, 11) is 0. The third kappa shape index (κ3) is 4.46. The van der Waals surface area contributed by atoms with E-state index in [2.05, 4.69) is 15.5 Å². The zero-order chi connectivity index (χ0) is 18.4. The second-order valence-electron chi connectivity index (χ2n) is 5.50. The van der Waals surface area contributed by atoms with Crippen LogP contribution in [-0.4, -0.2) is 17.1 Å². The average molecular weight is 366 g/mol. The molecule has 0 aliphatic heterocycles. The fraction of sp³-hybridized carbons (Fsp3) is 0.0500. The molecule has 0 aliphatic rings. The Morgan fingerprint density at radius 1 is 1.12 bits per heavy atom. The Morgan fingerprint density at radius 3 is 2.65 bits per heavy atom. The number of hydrazone groups is 1. The van der Waals surface area contributed by atoms with Crippen molar-refractivity contribution in [3.05, 3.63) is 88.6 Å². The number of rotatable bonds is 5. The molecule has 0 radical (unpaired) electrons. The third-order valence-corrected chi connectivity index (χ3v) is 3.83. The Bertz CT molecular complexity index is 940. The van der Waals surface area contributed by atoms with Crippen LogP contribution in [0.25, 0.3) is 0 Å². The summed E-state index contributed by atoms with van der Waals surface area (Å²) in [6.07, 6.45) is 3.11. The summed E-state index contributed by atoms with van der Waals surface area (Å²) >= 11 is 6.09. The smallest absolute Gasteiger partial charge is 0.276 e. The molecule has 0 spiro atoms. The molecule has 0 saturated heterocycles. The maximum Gasteiger partial charge on any atom is 0.276 e. The van der Waals surface area contributed by atoms with Crippen molar-refractivity contribution in [3.63, 3.8) is 0 Å². The lowest BCUT2D eigenvalue weighted by Gasteiger charge is -2.09. The number of amides is 1. The van der Waals surface area contributed by atoms with Gasteiger partial charge in [0.05, 0.1) is 11.2 Å². The molecule has 3 aromatic rings. The maximum absolute atomic E-state index is 12.4. The molecule has 130 valence electrons. The highest BCUT2D eigenvalue weighted by molar-refractivity contribution is 6.32. The van der Waals surface area contributed by atoms with Crippen LogP contribution in [0.3, 0.4) is 0 Å². The Hall–Kier alpha value is -3.18. The van der Waals surface area contributed by atoms with Crippen molar-refractivity contribution in [2.45, 2.75) is 6.92 Å². The van der Waals surface area contributed by atoms with Crippen LogP contribution in [0.2, 0.25) is 5.02 Å². The molecule has 6 heteroatoms. The molecule has 0 saturated carbocycles. The lowest BCUT2D eigenvalue weighted by molar-refractivity contribution is 0.0952. The number of carbonyl (C=O) groups excluding carboxylic acids is 1. The van der Waals surface area contributed by atoms with Crippen LogP contribution in [0.5, 0.6) is 11.6 Å². The first-order chi connectivity index (χ1) is 12.6. The molecule has 1 aromatic heterocycles. The van der Waals surface area contributed by atoms with Gasteiger partial charge in [0.25, 0.3) is 5.91 Å². The van der Waals surface area contributed by atoms with E-state index < -0.39 is 5.91 Å². The predicted molar refractivity (Wildman–Crippen MR) is 102 cm³/mol. The average Bonchev–Trinajstić information content (AvgIpc) is 2.65. The van der Waals surface area contributed by atoms with Crippen LogP contribution in [-0.2, 0) is 0 Å². The van der Waals surface area contributed by atoms with E-state index in [4.69, 9.17) is 16.3 Å². The van der Waals surface area contributed by atoms with Gasteiger partial charge in [-0.3, -0.25) is 4.79 Å². The number of ether oxygens (including phenoxy) is 1. The van der Waals surface area contributed by atoms with Gasteiger partial charge in [-0.05, 0) is 36.8 Å². The fourth-order valence-electron chi connectivity index (χ4n) is 2.15. The molecular weight excluding hydrogens is 350 g/mol. The zero-order valence-electron chi connectivity index (χ0n) is 14.0. The number of para-hydroxylation sites is 1. The minimum atomic E-state index is -0.427. The molecule has 1 heterocycles. The highest BCUT2D eigenvalue weighted by Crippen LogP contribution is 2.29. The van der Waals surface area contributed by atoms with Crippen LogP contribution in [0.1, 0.15) is 21.5 Å². The molecule has 1 amide bonds. The SMILES string of the molecule is Cc1ccc(/C=N/NC(=O)c2cccnc2Oc2ccccc2Cl)cc1. The summed E-state index contributed by atoms with van der Waals surface area (Å²) < 4.78 is 5.68. The zero-order valence-corrected chi connectivity index (χ0v) is 14.8. The number of carbonyl (C=O) groups is 1. The van der Waals surface area contributed by atoms with Gasteiger partial charge in [0, 0.05) is 6.20 Å². The Balaban J connectivity index is 1.73. The molecule has 0 fully saturated rings. The van der Waals surface area contributed by atoms with Crippen LogP contribution in [0.15, 0.2) is 72.0 Å². The number of benzene rings is 2. The minimum absolute atomic E-state index is 0.156. The van der Waals surface area contributed by atoms with Gasteiger partial charge >= 0.3 is 0 Å². The molecule has 26 heavy (non-hydrogen) atoms. The van der Waals surface area contributed by atoms with Gasteiger partial charge in [-0.1, -0.05) is 53.6 Å². The standard InChI is InChI=1S/C20H16ClN3O2/c1-14-8-10-15(11-9-14)13-23-24-19(25)16-5-4-12-22-20(16)26-18-7-3-2-6-17(18)21/h2-13H,1H3,(H,24,25)/b23-13+. The van der Waals surface area contributed by atoms with Gasteiger partial charge in [0.15, 0.2) is 0 Å². The summed E-state index contributed by atoms with van der Waals surface area (Å²) in [6, 6.07) is 18.0. The van der Waals surface area contributed by atoms with Gasteiger partial charge < -0.3 is 4.74 Å². The van der Waals surface area contributed by atoms with E-state index in [0.29, 0.717) is 10.8 Å². The van der Waals surface area contributed by atoms with Crippen LogP contribution < -0.4 is 10.2 Å². The Labute approximate surface area is 156 Å². The number of nitrogens with zero attached hydrogens (tertiary/aromatic N) is 2. The van der Waals surface area contributed by atoms with E-state index in [1.54, 1.807) is 48.8 Å². The van der Waals surface area contributed by atoms with Crippen molar-refractivity contribution in [3.8, 4) is 11.6 Å². The first kappa shape index (κ1) is 17.6. The van der Waals surface area contributed by atoms with Gasteiger partial charge in [-0.25, -0.2) is 10.4 Å². The largest absolute Gasteiger partial charge is 0.437 e. The maximum atomic E-state index is 12.4. The number of aryl methyl sites for hydroxylation is 1. The molecular formula is C20H16ClN3O2. The van der Waals surface area contributed by atoms with Crippen LogP contribution >= 0.6 is 11.6 Å². The van der Waals surface area contributed by atoms with E-state index in [9.17, 15) is 4.79 Å². The number of halogens is 1. The number of pyridine rings is 1. The first-order valence-corrected chi connectivity index (χ1v) is 8.29. The normalized spacial score (nSPS) is 10.7. The van der Waals surface area contributed by atoms with E-state index >= 15 is 0 Å². The second kappa shape index (κ2) is 8.27. The van der Waals surface area contributed by atoms with Gasteiger partial charge in [-0.2, -0.15) is 5.10 Å². The lowest BCUT2D eigenvalue weighted by Crippen LogP contribution is -2.18. The highest BCUT2D eigenvalue weighted by atomic mass is 35.5. The quantitative estimate of drug-likeness (QED) is 0.531. The van der Waals surface area contributed by atoms with E-state index in [1.165, 1.54) is 0 Å². The molecule has 3 rings (SSSR count). The van der Waals surface area contributed by atoms with Gasteiger partial charge in [0.1, 0.15) is 11.3 Å². The van der Waals surface area contributed by atoms with Crippen molar-refractivity contribution in [1.29, 1.82) is 0 Å². The Morgan fingerprint density at radius 2 is 1.88 bits per heavy atom.